The van der Waals surface area contributed by atoms with E-state index < -0.39 is 11.5 Å². The Morgan fingerprint density at radius 3 is 2.75 bits per heavy atom. The molecule has 4 N–H and O–H groups in total. The van der Waals surface area contributed by atoms with Crippen LogP contribution in [0.5, 0.6) is 5.75 Å². The van der Waals surface area contributed by atoms with Gasteiger partial charge >= 0.3 is 0 Å². The Hall–Kier alpha value is -3.64. The lowest BCUT2D eigenvalue weighted by Crippen LogP contribution is -2.39. The minimum atomic E-state index is -0.985. The molecule has 1 fully saturated rings. The monoisotopic (exact) mass is 434 g/mol. The summed E-state index contributed by atoms with van der Waals surface area (Å²) in [5.41, 5.74) is 7.09. The van der Waals surface area contributed by atoms with Gasteiger partial charge in [-0.2, -0.15) is 5.26 Å². The average Bonchev–Trinajstić information content (AvgIpc) is 2.79. The molecule has 166 valence electrons. The Morgan fingerprint density at radius 2 is 2.09 bits per heavy atom. The number of aliphatic hydroxyl groups is 1. The lowest BCUT2D eigenvalue weighted by Gasteiger charge is -2.35. The van der Waals surface area contributed by atoms with E-state index in [0.717, 1.165) is 24.1 Å². The maximum Gasteiger partial charge on any atom is 0.261 e. The van der Waals surface area contributed by atoms with Crippen molar-refractivity contribution in [3.8, 4) is 11.8 Å². The van der Waals surface area contributed by atoms with Gasteiger partial charge in [0.1, 0.15) is 12.4 Å². The number of carbonyl (C=O) groups is 1. The van der Waals surface area contributed by atoms with Gasteiger partial charge in [-0.15, -0.1) is 0 Å². The van der Waals surface area contributed by atoms with Crippen molar-refractivity contribution in [3.63, 3.8) is 0 Å². The minimum absolute atomic E-state index is 0.0373. The van der Waals surface area contributed by atoms with Crippen molar-refractivity contribution < 1.29 is 14.6 Å². The third-order valence-electron chi connectivity index (χ3n) is 5.77. The second-order valence-corrected chi connectivity index (χ2v) is 8.44. The van der Waals surface area contributed by atoms with Crippen LogP contribution in [0.3, 0.4) is 0 Å². The molecule has 0 saturated carbocycles. The van der Waals surface area contributed by atoms with Gasteiger partial charge in [0.2, 0.25) is 0 Å². The Kier molecular flexibility index (Phi) is 5.97. The van der Waals surface area contributed by atoms with Gasteiger partial charge in [0.25, 0.3) is 5.91 Å². The molecule has 1 aromatic heterocycles. The molecule has 0 unspecified atom stereocenters. The number of amides is 1. The summed E-state index contributed by atoms with van der Waals surface area (Å²) in [6, 6.07) is 7.74. The largest absolute Gasteiger partial charge is 0.490 e. The summed E-state index contributed by atoms with van der Waals surface area (Å²) in [6.45, 7) is 3.31. The quantitative estimate of drug-likeness (QED) is 0.620. The Morgan fingerprint density at radius 1 is 1.38 bits per heavy atom. The Balaban J connectivity index is 1.67. The van der Waals surface area contributed by atoms with E-state index in [0.29, 0.717) is 30.9 Å². The normalized spacial score (nSPS) is 21.3. The summed E-state index contributed by atoms with van der Waals surface area (Å²) in [4.78, 5) is 23.5. The van der Waals surface area contributed by atoms with Crippen molar-refractivity contribution in [2.45, 2.75) is 31.8 Å². The number of ether oxygens (including phenoxy) is 1. The Labute approximate surface area is 186 Å². The first kappa shape index (κ1) is 21.6. The summed E-state index contributed by atoms with van der Waals surface area (Å²) in [5.74, 6) is 0.520. The third kappa shape index (κ3) is 4.50. The molecule has 9 nitrogen and oxygen atoms in total. The number of nitrogens with zero attached hydrogens (tertiary/aromatic N) is 4. The first-order valence-electron chi connectivity index (χ1n) is 10.6. The molecule has 2 aromatic rings. The number of piperidine rings is 1. The van der Waals surface area contributed by atoms with Gasteiger partial charge in [-0.05, 0) is 37.5 Å². The summed E-state index contributed by atoms with van der Waals surface area (Å²) < 4.78 is 5.82. The van der Waals surface area contributed by atoms with Crippen LogP contribution in [0, 0.1) is 17.2 Å². The number of nitrogens with two attached hydrogens (primary N) is 1. The second-order valence-electron chi connectivity index (χ2n) is 8.44. The number of nitrogens with one attached hydrogen (secondary N) is 1. The summed E-state index contributed by atoms with van der Waals surface area (Å²) in [7, 11) is 0. The summed E-state index contributed by atoms with van der Waals surface area (Å²) in [5, 5.41) is 22.6. The Bertz CT molecular complexity index is 1070. The van der Waals surface area contributed by atoms with Crippen molar-refractivity contribution >= 4 is 22.9 Å². The topological polar surface area (TPSA) is 137 Å². The van der Waals surface area contributed by atoms with Gasteiger partial charge in [0.15, 0.2) is 5.82 Å². The summed E-state index contributed by atoms with van der Waals surface area (Å²) in [6.07, 6.45) is 6.19. The smallest absolute Gasteiger partial charge is 0.261 e. The minimum Gasteiger partial charge on any atom is -0.490 e. The molecule has 0 bridgehead atoms. The number of fused-ring (bicyclic) bond motifs is 1. The van der Waals surface area contributed by atoms with E-state index in [9.17, 15) is 15.2 Å². The van der Waals surface area contributed by atoms with E-state index in [4.69, 9.17) is 10.5 Å². The fourth-order valence-electron chi connectivity index (χ4n) is 4.07. The number of nitriles is 1. The predicted molar refractivity (Wildman–Crippen MR) is 120 cm³/mol. The zero-order chi connectivity index (χ0) is 22.7. The van der Waals surface area contributed by atoms with Crippen LogP contribution in [0.1, 0.15) is 31.2 Å². The van der Waals surface area contributed by atoms with E-state index in [-0.39, 0.29) is 23.9 Å². The fourth-order valence-corrected chi connectivity index (χ4v) is 4.07. The standard InChI is InChI=1S/C23H26N6O3/c1-23(31)11-16-9-18(28-22(30)17(13-25)21-26-5-2-6-27-21)19(10-20(16)32-14-23)29-7-3-15(12-24)4-8-29/h2,5-6,9-10,13,15,31H,3-4,7-8,11,14,25H2,1H3,(H,28,30)/t23-/m0/s1. The van der Waals surface area contributed by atoms with Crippen molar-refractivity contribution in [2.24, 2.45) is 11.7 Å². The molecule has 2 aliphatic heterocycles. The van der Waals surface area contributed by atoms with Crippen LogP contribution in [-0.4, -0.2) is 46.3 Å². The van der Waals surface area contributed by atoms with Gasteiger partial charge < -0.3 is 25.8 Å². The molecular weight excluding hydrogens is 408 g/mol. The van der Waals surface area contributed by atoms with Gasteiger partial charge in [0, 0.05) is 50.1 Å². The van der Waals surface area contributed by atoms with Gasteiger partial charge in [-0.1, -0.05) is 0 Å². The van der Waals surface area contributed by atoms with E-state index >= 15 is 0 Å². The van der Waals surface area contributed by atoms with Crippen molar-refractivity contribution in [1.29, 1.82) is 5.26 Å². The molecular formula is C23H26N6O3. The summed E-state index contributed by atoms with van der Waals surface area (Å²) >= 11 is 0. The third-order valence-corrected chi connectivity index (χ3v) is 5.77. The molecule has 0 radical (unpaired) electrons. The predicted octanol–water partition coefficient (Wildman–Crippen LogP) is 1.84. The van der Waals surface area contributed by atoms with Gasteiger partial charge in [-0.3, -0.25) is 4.79 Å². The van der Waals surface area contributed by atoms with E-state index in [1.54, 1.807) is 25.4 Å². The van der Waals surface area contributed by atoms with Crippen LogP contribution in [-0.2, 0) is 11.2 Å². The molecule has 1 atom stereocenters. The molecule has 1 saturated heterocycles. The van der Waals surface area contributed by atoms with E-state index in [2.05, 4.69) is 26.3 Å². The zero-order valence-electron chi connectivity index (χ0n) is 17.9. The van der Waals surface area contributed by atoms with E-state index in [1.165, 1.54) is 6.20 Å². The van der Waals surface area contributed by atoms with Crippen LogP contribution >= 0.6 is 0 Å². The highest BCUT2D eigenvalue weighted by Crippen LogP contribution is 2.39. The molecule has 1 amide bonds. The first-order chi connectivity index (χ1) is 15.4. The highest BCUT2D eigenvalue weighted by molar-refractivity contribution is 6.24. The number of aromatic nitrogens is 2. The highest BCUT2D eigenvalue weighted by Gasteiger charge is 2.31. The number of benzene rings is 1. The maximum absolute atomic E-state index is 13.1. The SMILES string of the molecule is C[C@@]1(O)COc2cc(N3CCC(C#N)CC3)c(NC(=O)C(=CN)c3ncccn3)cc2C1. The van der Waals surface area contributed by atoms with Gasteiger partial charge in [-0.25, -0.2) is 9.97 Å². The van der Waals surface area contributed by atoms with Gasteiger partial charge in [0.05, 0.1) is 28.6 Å². The molecule has 4 rings (SSSR count). The number of rotatable bonds is 4. The first-order valence-corrected chi connectivity index (χ1v) is 10.6. The molecule has 2 aliphatic rings. The van der Waals surface area contributed by atoms with E-state index in [1.807, 2.05) is 12.1 Å². The molecule has 32 heavy (non-hydrogen) atoms. The zero-order valence-corrected chi connectivity index (χ0v) is 17.9. The molecule has 1 aromatic carbocycles. The van der Waals surface area contributed by atoms with Crippen LogP contribution in [0.4, 0.5) is 11.4 Å². The number of hydrogen-bond acceptors (Lipinski definition) is 8. The van der Waals surface area contributed by atoms with Crippen LogP contribution in [0.25, 0.3) is 5.57 Å². The van der Waals surface area contributed by atoms with Crippen LogP contribution in [0.15, 0.2) is 36.8 Å². The van der Waals surface area contributed by atoms with Crippen LogP contribution in [0.2, 0.25) is 0 Å². The van der Waals surface area contributed by atoms with Crippen molar-refractivity contribution in [3.05, 3.63) is 48.2 Å². The van der Waals surface area contributed by atoms with Crippen molar-refractivity contribution in [2.75, 3.05) is 29.9 Å². The number of hydrogen-bond donors (Lipinski definition) is 3. The maximum atomic E-state index is 13.1. The van der Waals surface area contributed by atoms with Crippen LogP contribution < -0.4 is 20.7 Å². The molecule has 0 spiro atoms. The fraction of sp³-hybridized carbons (Fsp3) is 0.391. The number of anilines is 2. The molecule has 0 aliphatic carbocycles. The lowest BCUT2D eigenvalue weighted by molar-refractivity contribution is -0.111. The average molecular weight is 435 g/mol. The van der Waals surface area contributed by atoms with Crippen molar-refractivity contribution in [1.82, 2.24) is 9.97 Å². The number of carbonyl (C=O) groups excluding carboxylic acids is 1. The molecule has 9 heteroatoms. The highest BCUT2D eigenvalue weighted by atomic mass is 16.5. The second kappa shape index (κ2) is 8.85. The lowest BCUT2D eigenvalue weighted by atomic mass is 9.92. The molecule has 3 heterocycles.